The average Bonchev–Trinajstić information content (AvgIpc) is 2.27. The van der Waals surface area contributed by atoms with E-state index in [2.05, 4.69) is 10.3 Å². The molecule has 0 saturated heterocycles. The van der Waals surface area contributed by atoms with Crippen LogP contribution in [-0.2, 0) is 11.3 Å². The third-order valence-electron chi connectivity index (χ3n) is 2.13. The summed E-state index contributed by atoms with van der Waals surface area (Å²) < 4.78 is 4.81. The van der Waals surface area contributed by atoms with E-state index in [9.17, 15) is 5.11 Å². The Balaban J connectivity index is 2.13. The van der Waals surface area contributed by atoms with Crippen molar-refractivity contribution in [2.75, 3.05) is 20.3 Å². The number of hydrogen-bond donors (Lipinski definition) is 3. The lowest BCUT2D eigenvalue weighted by atomic mass is 10.2. The molecule has 0 bridgehead atoms. The maximum absolute atomic E-state index is 9.37. The van der Waals surface area contributed by atoms with Gasteiger partial charge >= 0.3 is 0 Å². The first-order valence-electron chi connectivity index (χ1n) is 5.24. The van der Waals surface area contributed by atoms with Crippen LogP contribution in [0.2, 0.25) is 0 Å². The minimum Gasteiger partial charge on any atom is -0.506 e. The van der Waals surface area contributed by atoms with E-state index in [4.69, 9.17) is 9.84 Å². The Bertz CT molecular complexity index is 290. The van der Waals surface area contributed by atoms with E-state index in [-0.39, 0.29) is 5.75 Å². The summed E-state index contributed by atoms with van der Waals surface area (Å²) in [5.74, 6) is 0.166. The SMILES string of the molecule is COCC(O)CCNCc1ccc(O)cn1. The van der Waals surface area contributed by atoms with Crippen LogP contribution in [0.15, 0.2) is 18.3 Å². The van der Waals surface area contributed by atoms with Crippen molar-refractivity contribution in [2.24, 2.45) is 0 Å². The molecular weight excluding hydrogens is 208 g/mol. The van der Waals surface area contributed by atoms with Crippen molar-refractivity contribution in [3.8, 4) is 5.75 Å². The molecular formula is C11H18N2O3. The monoisotopic (exact) mass is 226 g/mol. The molecule has 1 unspecified atom stereocenters. The smallest absolute Gasteiger partial charge is 0.133 e. The van der Waals surface area contributed by atoms with Gasteiger partial charge < -0.3 is 20.3 Å². The number of hydrogen-bond acceptors (Lipinski definition) is 5. The molecule has 1 aromatic heterocycles. The lowest BCUT2D eigenvalue weighted by Crippen LogP contribution is -2.23. The number of nitrogens with zero attached hydrogens (tertiary/aromatic N) is 1. The molecule has 0 aromatic carbocycles. The molecule has 5 nitrogen and oxygen atoms in total. The van der Waals surface area contributed by atoms with Gasteiger partial charge in [0.2, 0.25) is 0 Å². The molecule has 90 valence electrons. The molecule has 0 aliphatic rings. The van der Waals surface area contributed by atoms with Crippen molar-refractivity contribution in [1.82, 2.24) is 10.3 Å². The summed E-state index contributed by atoms with van der Waals surface area (Å²) in [4.78, 5) is 4.03. The molecule has 1 rings (SSSR count). The zero-order valence-electron chi connectivity index (χ0n) is 9.39. The lowest BCUT2D eigenvalue weighted by molar-refractivity contribution is 0.0594. The topological polar surface area (TPSA) is 74.6 Å². The van der Waals surface area contributed by atoms with Crippen molar-refractivity contribution in [2.45, 2.75) is 19.1 Å². The molecule has 0 aliphatic carbocycles. The van der Waals surface area contributed by atoms with Crippen LogP contribution < -0.4 is 5.32 Å². The van der Waals surface area contributed by atoms with Crippen LogP contribution in [-0.4, -0.2) is 41.6 Å². The minimum absolute atomic E-state index is 0.166. The second kappa shape index (κ2) is 7.16. The number of nitrogens with one attached hydrogen (secondary N) is 1. The molecule has 0 saturated carbocycles. The van der Waals surface area contributed by atoms with Gasteiger partial charge in [-0.2, -0.15) is 0 Å². The Kier molecular flexibility index (Phi) is 5.77. The fourth-order valence-corrected chi connectivity index (χ4v) is 1.28. The number of ether oxygens (including phenoxy) is 1. The first-order valence-corrected chi connectivity index (χ1v) is 5.24. The number of aromatic nitrogens is 1. The van der Waals surface area contributed by atoms with Gasteiger partial charge in [-0.1, -0.05) is 0 Å². The fraction of sp³-hybridized carbons (Fsp3) is 0.545. The van der Waals surface area contributed by atoms with Crippen LogP contribution in [0, 0.1) is 0 Å². The number of aliphatic hydroxyl groups is 1. The Morgan fingerprint density at radius 3 is 2.94 bits per heavy atom. The highest BCUT2D eigenvalue weighted by atomic mass is 16.5. The molecule has 16 heavy (non-hydrogen) atoms. The van der Waals surface area contributed by atoms with Gasteiger partial charge in [-0.05, 0) is 25.1 Å². The predicted octanol–water partition coefficient (Wildman–Crippen LogP) is 0.274. The Labute approximate surface area is 95.1 Å². The van der Waals surface area contributed by atoms with Crippen LogP contribution in [0.4, 0.5) is 0 Å². The van der Waals surface area contributed by atoms with E-state index in [1.54, 1.807) is 19.2 Å². The zero-order chi connectivity index (χ0) is 11.8. The number of pyridine rings is 1. The summed E-state index contributed by atoms with van der Waals surface area (Å²) >= 11 is 0. The van der Waals surface area contributed by atoms with E-state index in [0.29, 0.717) is 26.1 Å². The molecule has 0 amide bonds. The maximum Gasteiger partial charge on any atom is 0.133 e. The molecule has 0 aliphatic heterocycles. The molecule has 5 heteroatoms. The second-order valence-corrected chi connectivity index (χ2v) is 3.58. The van der Waals surface area contributed by atoms with Gasteiger partial charge in [0.1, 0.15) is 5.75 Å². The van der Waals surface area contributed by atoms with E-state index < -0.39 is 6.10 Å². The van der Waals surface area contributed by atoms with Crippen LogP contribution in [0.5, 0.6) is 5.75 Å². The highest BCUT2D eigenvalue weighted by Crippen LogP contribution is 2.05. The number of aromatic hydroxyl groups is 1. The van der Waals surface area contributed by atoms with Crippen LogP contribution in [0.3, 0.4) is 0 Å². The standard InChI is InChI=1S/C11H18N2O3/c1-16-8-11(15)4-5-12-6-9-2-3-10(14)7-13-9/h2-3,7,11-12,14-15H,4-6,8H2,1H3. The van der Waals surface area contributed by atoms with Gasteiger partial charge in [-0.25, -0.2) is 0 Å². The highest BCUT2D eigenvalue weighted by Gasteiger charge is 2.02. The average molecular weight is 226 g/mol. The zero-order valence-corrected chi connectivity index (χ0v) is 9.39. The van der Waals surface area contributed by atoms with Crippen molar-refractivity contribution in [3.63, 3.8) is 0 Å². The van der Waals surface area contributed by atoms with Gasteiger partial charge in [0.05, 0.1) is 24.6 Å². The summed E-state index contributed by atoms with van der Waals surface area (Å²) in [6.07, 6.45) is 1.63. The largest absolute Gasteiger partial charge is 0.506 e. The van der Waals surface area contributed by atoms with Crippen LogP contribution in [0.25, 0.3) is 0 Å². The van der Waals surface area contributed by atoms with E-state index in [1.165, 1.54) is 6.20 Å². The number of methoxy groups -OCH3 is 1. The first-order chi connectivity index (χ1) is 7.72. The third kappa shape index (κ3) is 5.06. The Morgan fingerprint density at radius 2 is 2.31 bits per heavy atom. The van der Waals surface area contributed by atoms with Crippen LogP contribution in [0.1, 0.15) is 12.1 Å². The third-order valence-corrected chi connectivity index (χ3v) is 2.13. The Morgan fingerprint density at radius 1 is 1.50 bits per heavy atom. The van der Waals surface area contributed by atoms with Gasteiger partial charge in [0.25, 0.3) is 0 Å². The van der Waals surface area contributed by atoms with Crippen LogP contribution >= 0.6 is 0 Å². The summed E-state index contributed by atoms with van der Waals surface area (Å²) in [5, 5.41) is 21.6. The van der Waals surface area contributed by atoms with Gasteiger partial charge in [-0.3, -0.25) is 4.98 Å². The molecule has 0 spiro atoms. The van der Waals surface area contributed by atoms with E-state index >= 15 is 0 Å². The van der Waals surface area contributed by atoms with Crippen molar-refractivity contribution >= 4 is 0 Å². The summed E-state index contributed by atoms with van der Waals surface area (Å²) in [7, 11) is 1.57. The van der Waals surface area contributed by atoms with Crippen molar-refractivity contribution < 1.29 is 14.9 Å². The predicted molar refractivity (Wildman–Crippen MR) is 60.1 cm³/mol. The summed E-state index contributed by atoms with van der Waals surface area (Å²) in [5.41, 5.74) is 0.860. The number of rotatable bonds is 7. The van der Waals surface area contributed by atoms with Gasteiger partial charge in [0, 0.05) is 13.7 Å². The van der Waals surface area contributed by atoms with Gasteiger partial charge in [0.15, 0.2) is 0 Å². The summed E-state index contributed by atoms with van der Waals surface area (Å²) in [6.45, 7) is 1.69. The first kappa shape index (κ1) is 12.9. The minimum atomic E-state index is -0.426. The lowest BCUT2D eigenvalue weighted by Gasteiger charge is -2.09. The molecule has 3 N–H and O–H groups in total. The second-order valence-electron chi connectivity index (χ2n) is 3.58. The fourth-order valence-electron chi connectivity index (χ4n) is 1.28. The van der Waals surface area contributed by atoms with Crippen molar-refractivity contribution in [1.29, 1.82) is 0 Å². The highest BCUT2D eigenvalue weighted by molar-refractivity contribution is 5.17. The molecule has 0 radical (unpaired) electrons. The molecule has 1 aromatic rings. The van der Waals surface area contributed by atoms with Gasteiger partial charge in [-0.15, -0.1) is 0 Å². The maximum atomic E-state index is 9.37. The molecule has 1 heterocycles. The molecule has 1 atom stereocenters. The quantitative estimate of drug-likeness (QED) is 0.582. The van der Waals surface area contributed by atoms with Crippen molar-refractivity contribution in [3.05, 3.63) is 24.0 Å². The van der Waals surface area contributed by atoms with E-state index in [0.717, 1.165) is 5.69 Å². The summed E-state index contributed by atoms with van der Waals surface area (Å²) in [6, 6.07) is 3.36. The normalized spacial score (nSPS) is 12.6. The number of aliphatic hydroxyl groups excluding tert-OH is 1. The molecule has 0 fully saturated rings. The Hall–Kier alpha value is -1.17. The van der Waals surface area contributed by atoms with E-state index in [1.807, 2.05) is 0 Å².